The molecule has 0 radical (unpaired) electrons. The van der Waals surface area contributed by atoms with Crippen LogP contribution in [-0.2, 0) is 4.74 Å². The van der Waals surface area contributed by atoms with E-state index in [-0.39, 0.29) is 12.1 Å². The monoisotopic (exact) mass is 279 g/mol. The van der Waals surface area contributed by atoms with Gasteiger partial charge in [0.05, 0.1) is 0 Å². The van der Waals surface area contributed by atoms with Gasteiger partial charge in [0, 0.05) is 11.4 Å². The van der Waals surface area contributed by atoms with E-state index in [4.69, 9.17) is 4.74 Å². The number of ether oxygens (including phenoxy) is 1. The summed E-state index contributed by atoms with van der Waals surface area (Å²) in [7, 11) is 0. The minimum absolute atomic E-state index is 0.220. The van der Waals surface area contributed by atoms with Gasteiger partial charge in [0.15, 0.2) is 0 Å². The van der Waals surface area contributed by atoms with Gasteiger partial charge in [0.2, 0.25) is 0 Å². The lowest BCUT2D eigenvalue weighted by Crippen LogP contribution is -2.38. The van der Waals surface area contributed by atoms with Gasteiger partial charge in [-0.05, 0) is 40.0 Å². The fraction of sp³-hybridized carbons (Fsp3) is 0.909. The molecule has 3 nitrogen and oxygen atoms in total. The number of hydrogen-bond acceptors (Lipinski definition) is 2. The first-order valence-corrected chi connectivity index (χ1v) is 6.56. The number of rotatable bonds is 5. The van der Waals surface area contributed by atoms with Gasteiger partial charge in [0.1, 0.15) is 5.60 Å². The van der Waals surface area contributed by atoms with Gasteiger partial charge in [-0.15, -0.1) is 0 Å². The van der Waals surface area contributed by atoms with E-state index in [1.807, 2.05) is 20.8 Å². The highest BCUT2D eigenvalue weighted by Gasteiger charge is 2.18. The van der Waals surface area contributed by atoms with E-state index < -0.39 is 5.60 Å². The Balaban J connectivity index is 3.91. The summed E-state index contributed by atoms with van der Waals surface area (Å²) >= 11 is 3.38. The molecule has 0 aliphatic carbocycles. The largest absolute Gasteiger partial charge is 0.444 e. The number of amides is 1. The summed E-state index contributed by atoms with van der Waals surface area (Å²) in [5, 5.41) is 3.85. The molecule has 1 N–H and O–H groups in total. The van der Waals surface area contributed by atoms with Crippen molar-refractivity contribution in [1.29, 1.82) is 0 Å². The van der Waals surface area contributed by atoms with Gasteiger partial charge in [-0.2, -0.15) is 0 Å². The average molecular weight is 280 g/mol. The Labute approximate surface area is 101 Å². The lowest BCUT2D eigenvalue weighted by Gasteiger charge is -2.22. The molecule has 0 aromatic rings. The van der Waals surface area contributed by atoms with Gasteiger partial charge >= 0.3 is 6.09 Å². The molecule has 0 aromatic heterocycles. The fourth-order valence-electron chi connectivity index (χ4n) is 1.18. The second-order valence-corrected chi connectivity index (χ2v) is 5.38. The molecule has 0 fully saturated rings. The van der Waals surface area contributed by atoms with Crippen molar-refractivity contribution in [2.24, 2.45) is 0 Å². The van der Waals surface area contributed by atoms with Crippen molar-refractivity contribution in [3.05, 3.63) is 0 Å². The number of nitrogens with one attached hydrogen (secondary N) is 1. The zero-order chi connectivity index (χ0) is 11.9. The molecule has 90 valence electrons. The lowest BCUT2D eigenvalue weighted by atomic mass is 10.1. The molecule has 0 aliphatic rings. The van der Waals surface area contributed by atoms with Crippen LogP contribution in [0.3, 0.4) is 0 Å². The molecule has 0 aromatic carbocycles. The fourth-order valence-corrected chi connectivity index (χ4v) is 1.50. The third-order valence-electron chi connectivity index (χ3n) is 1.90. The van der Waals surface area contributed by atoms with Crippen molar-refractivity contribution in [1.82, 2.24) is 5.32 Å². The molecule has 15 heavy (non-hydrogen) atoms. The van der Waals surface area contributed by atoms with Gasteiger partial charge in [-0.25, -0.2) is 4.79 Å². The molecule has 0 heterocycles. The lowest BCUT2D eigenvalue weighted by molar-refractivity contribution is 0.0500. The van der Waals surface area contributed by atoms with Crippen LogP contribution in [0.5, 0.6) is 0 Å². The average Bonchev–Trinajstić information content (AvgIpc) is 2.09. The number of alkyl carbamates (subject to hydrolysis) is 1. The van der Waals surface area contributed by atoms with E-state index in [0.717, 1.165) is 24.6 Å². The van der Waals surface area contributed by atoms with E-state index in [9.17, 15) is 4.79 Å². The molecular formula is C11H22BrNO2. The van der Waals surface area contributed by atoms with Crippen LogP contribution in [0.25, 0.3) is 0 Å². The van der Waals surface area contributed by atoms with Crippen molar-refractivity contribution >= 4 is 22.0 Å². The number of halogens is 1. The van der Waals surface area contributed by atoms with Crippen molar-refractivity contribution < 1.29 is 9.53 Å². The molecule has 4 heteroatoms. The highest BCUT2D eigenvalue weighted by molar-refractivity contribution is 9.09. The standard InChI is InChI=1S/C11H22BrNO2/c1-5-9(7-6-8-12)13-10(14)15-11(2,3)4/h9H,5-8H2,1-4H3,(H,13,14). The van der Waals surface area contributed by atoms with E-state index in [1.165, 1.54) is 0 Å². The summed E-state index contributed by atoms with van der Waals surface area (Å²) in [6.45, 7) is 7.67. The molecule has 0 saturated carbocycles. The normalized spacial score (nSPS) is 13.4. The number of alkyl halides is 1. The summed E-state index contributed by atoms with van der Waals surface area (Å²) in [5.74, 6) is 0. The topological polar surface area (TPSA) is 38.3 Å². The summed E-state index contributed by atoms with van der Waals surface area (Å²) in [6.07, 6.45) is 2.67. The SMILES string of the molecule is CCC(CCCBr)NC(=O)OC(C)(C)C. The number of hydrogen-bond donors (Lipinski definition) is 1. The maximum absolute atomic E-state index is 11.4. The summed E-state index contributed by atoms with van der Waals surface area (Å²) < 4.78 is 5.19. The van der Waals surface area contributed by atoms with Crippen LogP contribution in [0.2, 0.25) is 0 Å². The van der Waals surface area contributed by atoms with Gasteiger partial charge in [0.25, 0.3) is 0 Å². The van der Waals surface area contributed by atoms with Crippen LogP contribution in [0.15, 0.2) is 0 Å². The van der Waals surface area contributed by atoms with Crippen LogP contribution < -0.4 is 5.32 Å². The molecule has 0 saturated heterocycles. The Hall–Kier alpha value is -0.250. The van der Waals surface area contributed by atoms with Crippen LogP contribution in [0, 0.1) is 0 Å². The van der Waals surface area contributed by atoms with Gasteiger partial charge in [-0.3, -0.25) is 0 Å². The Morgan fingerprint density at radius 2 is 2.07 bits per heavy atom. The first-order chi connectivity index (χ1) is 6.89. The van der Waals surface area contributed by atoms with Crippen LogP contribution in [0.4, 0.5) is 4.79 Å². The molecular weight excluding hydrogens is 258 g/mol. The van der Waals surface area contributed by atoms with Crippen molar-refractivity contribution in [2.45, 2.75) is 58.6 Å². The summed E-state index contributed by atoms with van der Waals surface area (Å²) in [4.78, 5) is 11.4. The Bertz CT molecular complexity index is 190. The molecule has 0 bridgehead atoms. The zero-order valence-electron chi connectivity index (χ0n) is 10.1. The second kappa shape index (κ2) is 7.09. The summed E-state index contributed by atoms with van der Waals surface area (Å²) in [5.41, 5.74) is -0.419. The van der Waals surface area contributed by atoms with Crippen molar-refractivity contribution in [3.63, 3.8) is 0 Å². The van der Waals surface area contributed by atoms with Crippen molar-refractivity contribution in [3.8, 4) is 0 Å². The first-order valence-electron chi connectivity index (χ1n) is 5.44. The van der Waals surface area contributed by atoms with Crippen LogP contribution in [0.1, 0.15) is 47.0 Å². The van der Waals surface area contributed by atoms with E-state index in [2.05, 4.69) is 28.2 Å². The minimum atomic E-state index is -0.419. The molecule has 0 rings (SSSR count). The molecule has 0 spiro atoms. The van der Waals surface area contributed by atoms with Gasteiger partial charge < -0.3 is 10.1 Å². The van der Waals surface area contributed by atoms with E-state index in [0.29, 0.717) is 0 Å². The number of carbonyl (C=O) groups is 1. The first kappa shape index (κ1) is 14.8. The van der Waals surface area contributed by atoms with Crippen molar-refractivity contribution in [2.75, 3.05) is 5.33 Å². The molecule has 1 amide bonds. The minimum Gasteiger partial charge on any atom is -0.444 e. The highest BCUT2D eigenvalue weighted by atomic mass is 79.9. The molecule has 1 unspecified atom stereocenters. The third-order valence-corrected chi connectivity index (χ3v) is 2.46. The summed E-state index contributed by atoms with van der Waals surface area (Å²) in [6, 6.07) is 0.220. The maximum Gasteiger partial charge on any atom is 0.407 e. The predicted octanol–water partition coefficient (Wildman–Crippen LogP) is 3.46. The Morgan fingerprint density at radius 3 is 2.47 bits per heavy atom. The zero-order valence-corrected chi connectivity index (χ0v) is 11.7. The second-order valence-electron chi connectivity index (χ2n) is 4.58. The molecule has 0 aliphatic heterocycles. The molecule has 1 atom stereocenters. The van der Waals surface area contributed by atoms with Gasteiger partial charge in [-0.1, -0.05) is 22.9 Å². The van der Waals surface area contributed by atoms with E-state index in [1.54, 1.807) is 0 Å². The Kier molecular flexibility index (Phi) is 6.98. The number of carbonyl (C=O) groups excluding carboxylic acids is 1. The van der Waals surface area contributed by atoms with Crippen LogP contribution in [-0.4, -0.2) is 23.1 Å². The quantitative estimate of drug-likeness (QED) is 0.783. The van der Waals surface area contributed by atoms with E-state index >= 15 is 0 Å². The Morgan fingerprint density at radius 1 is 1.47 bits per heavy atom. The smallest absolute Gasteiger partial charge is 0.407 e. The maximum atomic E-state index is 11.4. The van der Waals surface area contributed by atoms with Crippen LogP contribution >= 0.6 is 15.9 Å². The third kappa shape index (κ3) is 8.73. The highest BCUT2D eigenvalue weighted by Crippen LogP contribution is 2.09. The predicted molar refractivity (Wildman–Crippen MR) is 66.5 cm³/mol.